The smallest absolute Gasteiger partial charge is 0.293 e. The van der Waals surface area contributed by atoms with E-state index in [-0.39, 0.29) is 11.7 Å². The summed E-state index contributed by atoms with van der Waals surface area (Å²) < 4.78 is 0. The molecule has 0 aromatic heterocycles. The molecule has 0 aliphatic heterocycles. The Morgan fingerprint density at radius 3 is 2.78 bits per heavy atom. The van der Waals surface area contributed by atoms with Gasteiger partial charge in [0.1, 0.15) is 5.69 Å². The third kappa shape index (κ3) is 2.73. The van der Waals surface area contributed by atoms with Crippen LogP contribution >= 0.6 is 11.6 Å². The number of benzene rings is 1. The number of aliphatic hydroxyl groups excluding tert-OH is 1. The van der Waals surface area contributed by atoms with E-state index in [1.54, 1.807) is 12.1 Å². The molecular weight excluding hydrogens is 256 g/mol. The summed E-state index contributed by atoms with van der Waals surface area (Å²) in [5, 5.41) is 24.1. The Balaban J connectivity index is 2.24. The van der Waals surface area contributed by atoms with Gasteiger partial charge in [-0.05, 0) is 18.9 Å². The number of para-hydroxylation sites is 1. The molecule has 1 aliphatic rings. The van der Waals surface area contributed by atoms with Crippen LogP contribution in [-0.2, 0) is 0 Å². The molecule has 1 aromatic carbocycles. The van der Waals surface area contributed by atoms with Crippen LogP contribution in [0.1, 0.15) is 25.7 Å². The maximum Gasteiger partial charge on any atom is 0.293 e. The van der Waals surface area contributed by atoms with E-state index < -0.39 is 11.0 Å². The van der Waals surface area contributed by atoms with Crippen LogP contribution in [0.2, 0.25) is 5.02 Å². The number of hydrogen-bond acceptors (Lipinski definition) is 4. The number of halogens is 1. The van der Waals surface area contributed by atoms with E-state index in [0.717, 1.165) is 25.7 Å². The topological polar surface area (TPSA) is 75.4 Å². The lowest BCUT2D eigenvalue weighted by Crippen LogP contribution is -2.36. The molecule has 0 bridgehead atoms. The van der Waals surface area contributed by atoms with Crippen molar-refractivity contribution in [2.45, 2.75) is 37.8 Å². The van der Waals surface area contributed by atoms with Crippen molar-refractivity contribution in [2.24, 2.45) is 0 Å². The van der Waals surface area contributed by atoms with Gasteiger partial charge in [0.25, 0.3) is 5.69 Å². The van der Waals surface area contributed by atoms with Crippen LogP contribution in [0.15, 0.2) is 18.2 Å². The van der Waals surface area contributed by atoms with Gasteiger partial charge in [0, 0.05) is 6.07 Å². The van der Waals surface area contributed by atoms with Crippen molar-refractivity contribution in [3.63, 3.8) is 0 Å². The first-order valence-electron chi connectivity index (χ1n) is 5.97. The molecule has 2 unspecified atom stereocenters. The highest BCUT2D eigenvalue weighted by Gasteiger charge is 2.26. The van der Waals surface area contributed by atoms with Gasteiger partial charge < -0.3 is 10.4 Å². The summed E-state index contributed by atoms with van der Waals surface area (Å²) >= 11 is 5.99. The van der Waals surface area contributed by atoms with Crippen LogP contribution in [0.25, 0.3) is 0 Å². The fourth-order valence-electron chi connectivity index (χ4n) is 2.27. The third-order valence-corrected chi connectivity index (χ3v) is 3.56. The van der Waals surface area contributed by atoms with Gasteiger partial charge in [0.15, 0.2) is 0 Å². The zero-order chi connectivity index (χ0) is 13.1. The lowest BCUT2D eigenvalue weighted by atomic mass is 9.92. The van der Waals surface area contributed by atoms with E-state index in [9.17, 15) is 15.2 Å². The second-order valence-electron chi connectivity index (χ2n) is 4.49. The monoisotopic (exact) mass is 270 g/mol. The van der Waals surface area contributed by atoms with Gasteiger partial charge >= 0.3 is 0 Å². The third-order valence-electron chi connectivity index (χ3n) is 3.25. The van der Waals surface area contributed by atoms with Crippen molar-refractivity contribution in [3.8, 4) is 0 Å². The van der Waals surface area contributed by atoms with Crippen molar-refractivity contribution in [2.75, 3.05) is 5.32 Å². The molecular formula is C12H15ClN2O3. The molecule has 2 N–H and O–H groups in total. The van der Waals surface area contributed by atoms with Gasteiger partial charge in [-0.2, -0.15) is 0 Å². The van der Waals surface area contributed by atoms with Crippen molar-refractivity contribution in [1.82, 2.24) is 0 Å². The quantitative estimate of drug-likeness (QED) is 0.654. The Kier molecular flexibility index (Phi) is 4.04. The van der Waals surface area contributed by atoms with Crippen LogP contribution in [-0.4, -0.2) is 22.2 Å². The van der Waals surface area contributed by atoms with Crippen LogP contribution in [0, 0.1) is 10.1 Å². The van der Waals surface area contributed by atoms with Gasteiger partial charge in [0.05, 0.1) is 22.1 Å². The second kappa shape index (κ2) is 5.54. The van der Waals surface area contributed by atoms with Gasteiger partial charge in [-0.25, -0.2) is 0 Å². The maximum atomic E-state index is 10.9. The predicted molar refractivity (Wildman–Crippen MR) is 70.0 cm³/mol. The fourth-order valence-corrected chi connectivity index (χ4v) is 2.50. The average molecular weight is 271 g/mol. The normalized spacial score (nSPS) is 23.7. The Bertz CT molecular complexity index is 453. The largest absolute Gasteiger partial charge is 0.391 e. The molecule has 18 heavy (non-hydrogen) atoms. The van der Waals surface area contributed by atoms with Crippen LogP contribution in [0.4, 0.5) is 11.4 Å². The number of nitro benzene ring substituents is 1. The standard InChI is InChI=1S/C12H15ClN2O3/c13-8-4-3-6-10(15(17)18)12(8)14-9-5-1-2-7-11(9)16/h3-4,6,9,11,14,16H,1-2,5,7H2. The van der Waals surface area contributed by atoms with Gasteiger partial charge in [-0.3, -0.25) is 10.1 Å². The zero-order valence-corrected chi connectivity index (χ0v) is 10.6. The molecule has 6 heteroatoms. The van der Waals surface area contributed by atoms with Crippen molar-refractivity contribution >= 4 is 23.0 Å². The van der Waals surface area contributed by atoms with Gasteiger partial charge in [-0.15, -0.1) is 0 Å². The molecule has 0 radical (unpaired) electrons. The number of rotatable bonds is 3. The van der Waals surface area contributed by atoms with Crippen LogP contribution < -0.4 is 5.32 Å². The first-order chi connectivity index (χ1) is 8.59. The number of nitro groups is 1. The molecule has 0 spiro atoms. The van der Waals surface area contributed by atoms with E-state index >= 15 is 0 Å². The first kappa shape index (κ1) is 13.1. The highest BCUT2D eigenvalue weighted by Crippen LogP contribution is 2.34. The molecule has 0 saturated heterocycles. The molecule has 98 valence electrons. The Hall–Kier alpha value is -1.33. The summed E-state index contributed by atoms with van der Waals surface area (Å²) in [5.74, 6) is 0. The summed E-state index contributed by atoms with van der Waals surface area (Å²) in [6.45, 7) is 0. The Morgan fingerprint density at radius 1 is 1.39 bits per heavy atom. The summed E-state index contributed by atoms with van der Waals surface area (Å²) in [6, 6.07) is 4.38. The number of hydrogen-bond donors (Lipinski definition) is 2. The van der Waals surface area contributed by atoms with E-state index in [2.05, 4.69) is 5.32 Å². The summed E-state index contributed by atoms with van der Waals surface area (Å²) in [6.07, 6.45) is 3.03. The number of anilines is 1. The molecule has 1 aromatic rings. The lowest BCUT2D eigenvalue weighted by Gasteiger charge is -2.29. The molecule has 5 nitrogen and oxygen atoms in total. The van der Waals surface area contributed by atoms with Crippen LogP contribution in [0.3, 0.4) is 0 Å². The average Bonchev–Trinajstić information content (AvgIpc) is 2.34. The molecule has 1 saturated carbocycles. The highest BCUT2D eigenvalue weighted by molar-refractivity contribution is 6.33. The van der Waals surface area contributed by atoms with Crippen LogP contribution in [0.5, 0.6) is 0 Å². The SMILES string of the molecule is O=[N+]([O-])c1cccc(Cl)c1NC1CCCCC1O. The summed E-state index contributed by atoms with van der Waals surface area (Å²) in [5.41, 5.74) is 0.246. The first-order valence-corrected chi connectivity index (χ1v) is 6.35. The molecule has 0 amide bonds. The molecule has 0 heterocycles. The molecule has 2 rings (SSSR count). The van der Waals surface area contributed by atoms with Crippen molar-refractivity contribution in [1.29, 1.82) is 0 Å². The Morgan fingerprint density at radius 2 is 2.11 bits per heavy atom. The van der Waals surface area contributed by atoms with E-state index in [1.165, 1.54) is 6.07 Å². The Labute approximate surface area is 110 Å². The van der Waals surface area contributed by atoms with E-state index in [1.807, 2.05) is 0 Å². The van der Waals surface area contributed by atoms with Gasteiger partial charge in [-0.1, -0.05) is 30.5 Å². The highest BCUT2D eigenvalue weighted by atomic mass is 35.5. The number of aliphatic hydroxyl groups is 1. The summed E-state index contributed by atoms with van der Waals surface area (Å²) in [4.78, 5) is 10.5. The fraction of sp³-hybridized carbons (Fsp3) is 0.500. The van der Waals surface area contributed by atoms with E-state index in [0.29, 0.717) is 10.7 Å². The second-order valence-corrected chi connectivity index (χ2v) is 4.90. The maximum absolute atomic E-state index is 10.9. The molecule has 1 aliphatic carbocycles. The number of nitrogens with one attached hydrogen (secondary N) is 1. The minimum Gasteiger partial charge on any atom is -0.391 e. The van der Waals surface area contributed by atoms with E-state index in [4.69, 9.17) is 11.6 Å². The number of nitrogens with zero attached hydrogens (tertiary/aromatic N) is 1. The molecule has 2 atom stereocenters. The lowest BCUT2D eigenvalue weighted by molar-refractivity contribution is -0.384. The summed E-state index contributed by atoms with van der Waals surface area (Å²) in [7, 11) is 0. The molecule has 1 fully saturated rings. The zero-order valence-electron chi connectivity index (χ0n) is 9.80. The minimum atomic E-state index is -0.477. The van der Waals surface area contributed by atoms with Crippen molar-refractivity contribution < 1.29 is 10.0 Å². The van der Waals surface area contributed by atoms with Gasteiger partial charge in [0.2, 0.25) is 0 Å². The van der Waals surface area contributed by atoms with Crippen molar-refractivity contribution in [3.05, 3.63) is 33.3 Å². The minimum absolute atomic E-state index is 0.0553. The predicted octanol–water partition coefficient (Wildman–Crippen LogP) is 2.96.